The zero-order chi connectivity index (χ0) is 20.0. The van der Waals surface area contributed by atoms with Crippen LogP contribution in [0.3, 0.4) is 0 Å². The van der Waals surface area contributed by atoms with Crippen LogP contribution in [-0.2, 0) is 11.2 Å². The summed E-state index contributed by atoms with van der Waals surface area (Å²) in [6.45, 7) is 2.60. The van der Waals surface area contributed by atoms with Crippen LogP contribution in [0.15, 0.2) is 24.3 Å². The summed E-state index contributed by atoms with van der Waals surface area (Å²) in [5, 5.41) is 10.6. The number of morpholine rings is 1. The highest BCUT2D eigenvalue weighted by atomic mass is 16.5. The molecule has 0 bridgehead atoms. The summed E-state index contributed by atoms with van der Waals surface area (Å²) < 4.78 is 5.41. The normalized spacial score (nSPS) is 16.8. The first kappa shape index (κ1) is 17.8. The summed E-state index contributed by atoms with van der Waals surface area (Å²) in [4.78, 5) is 28.8. The van der Waals surface area contributed by atoms with Gasteiger partial charge in [-0.2, -0.15) is 9.97 Å². The van der Waals surface area contributed by atoms with Gasteiger partial charge in [0, 0.05) is 30.6 Å². The number of anilines is 2. The molecule has 8 nitrogen and oxygen atoms in total. The molecule has 1 fully saturated rings. The third-order valence-electron chi connectivity index (χ3n) is 5.46. The van der Waals surface area contributed by atoms with Crippen molar-refractivity contribution in [1.82, 2.24) is 15.0 Å². The predicted octanol–water partition coefficient (Wildman–Crippen LogP) is 2.34. The molecule has 0 saturated carbocycles. The predicted molar refractivity (Wildman–Crippen MR) is 109 cm³/mol. The quantitative estimate of drug-likeness (QED) is 0.684. The van der Waals surface area contributed by atoms with Gasteiger partial charge in [-0.15, -0.1) is 0 Å². The SMILES string of the molecule is Nc1nc(N2CCOCC2)nc2nc3c(c(-c4cccc(O)c4)c12)C(=O)CCC3. The van der Waals surface area contributed by atoms with Crippen molar-refractivity contribution < 1.29 is 14.6 Å². The number of Topliss-reactive ketones (excluding diaryl/α,β-unsaturated/α-hetero) is 1. The summed E-state index contributed by atoms with van der Waals surface area (Å²) in [6, 6.07) is 6.82. The second-order valence-corrected chi connectivity index (χ2v) is 7.34. The van der Waals surface area contributed by atoms with Crippen LogP contribution in [0.4, 0.5) is 11.8 Å². The molecule has 3 heterocycles. The second kappa shape index (κ2) is 6.97. The summed E-state index contributed by atoms with van der Waals surface area (Å²) in [7, 11) is 0. The number of phenolic OH excluding ortho intramolecular Hbond substituents is 1. The van der Waals surface area contributed by atoms with Crippen molar-refractivity contribution in [1.29, 1.82) is 0 Å². The van der Waals surface area contributed by atoms with Crippen LogP contribution in [0, 0.1) is 0 Å². The number of hydrogen-bond acceptors (Lipinski definition) is 8. The molecule has 29 heavy (non-hydrogen) atoms. The maximum absolute atomic E-state index is 12.8. The number of nitrogens with zero attached hydrogens (tertiary/aromatic N) is 4. The number of rotatable bonds is 2. The highest BCUT2D eigenvalue weighted by Gasteiger charge is 2.28. The van der Waals surface area contributed by atoms with E-state index in [1.165, 1.54) is 0 Å². The molecule has 1 aliphatic heterocycles. The molecule has 0 amide bonds. The largest absolute Gasteiger partial charge is 0.508 e. The van der Waals surface area contributed by atoms with E-state index in [1.807, 2.05) is 11.0 Å². The van der Waals surface area contributed by atoms with Crippen LogP contribution in [0.1, 0.15) is 28.9 Å². The Hall–Kier alpha value is -3.26. The number of pyridine rings is 1. The number of aryl methyl sites for hydroxylation is 1. The van der Waals surface area contributed by atoms with E-state index < -0.39 is 0 Å². The molecular weight excluding hydrogens is 370 g/mol. The molecule has 0 spiro atoms. The van der Waals surface area contributed by atoms with Crippen molar-refractivity contribution in [2.24, 2.45) is 0 Å². The molecule has 5 rings (SSSR count). The van der Waals surface area contributed by atoms with E-state index in [1.54, 1.807) is 18.2 Å². The van der Waals surface area contributed by atoms with Gasteiger partial charge >= 0.3 is 0 Å². The molecule has 148 valence electrons. The first-order valence-corrected chi connectivity index (χ1v) is 9.77. The molecule has 0 radical (unpaired) electrons. The van der Waals surface area contributed by atoms with E-state index in [2.05, 4.69) is 4.98 Å². The van der Waals surface area contributed by atoms with Crippen LogP contribution in [0.25, 0.3) is 22.2 Å². The first-order valence-electron chi connectivity index (χ1n) is 9.77. The van der Waals surface area contributed by atoms with Gasteiger partial charge in [-0.3, -0.25) is 4.79 Å². The van der Waals surface area contributed by atoms with E-state index in [4.69, 9.17) is 20.4 Å². The Labute approximate surface area is 167 Å². The fourth-order valence-corrected chi connectivity index (χ4v) is 4.11. The fraction of sp³-hybridized carbons (Fsp3) is 0.333. The van der Waals surface area contributed by atoms with Crippen LogP contribution in [0.2, 0.25) is 0 Å². The van der Waals surface area contributed by atoms with Gasteiger partial charge in [-0.1, -0.05) is 12.1 Å². The Kier molecular flexibility index (Phi) is 4.28. The molecule has 2 aromatic heterocycles. The molecule has 0 unspecified atom stereocenters. The van der Waals surface area contributed by atoms with Crippen LogP contribution in [0.5, 0.6) is 5.75 Å². The van der Waals surface area contributed by atoms with Gasteiger partial charge in [-0.25, -0.2) is 4.98 Å². The molecule has 1 aromatic carbocycles. The van der Waals surface area contributed by atoms with Crippen molar-refractivity contribution in [3.05, 3.63) is 35.5 Å². The van der Waals surface area contributed by atoms with Crippen molar-refractivity contribution in [3.8, 4) is 16.9 Å². The Morgan fingerprint density at radius 3 is 2.69 bits per heavy atom. The van der Waals surface area contributed by atoms with Crippen molar-refractivity contribution >= 4 is 28.6 Å². The maximum Gasteiger partial charge on any atom is 0.229 e. The number of aromatic hydroxyl groups is 1. The average molecular weight is 391 g/mol. The molecule has 0 atom stereocenters. The number of carbonyl (C=O) groups excluding carboxylic acids is 1. The number of nitrogen functional groups attached to an aromatic ring is 1. The number of carbonyl (C=O) groups is 1. The number of fused-ring (bicyclic) bond motifs is 2. The number of phenols is 1. The number of benzene rings is 1. The third-order valence-corrected chi connectivity index (χ3v) is 5.46. The standard InChI is InChI=1S/C21H21N5O3/c22-19-18-16(12-3-1-4-13(27)11-12)17-14(5-2-6-15(17)28)23-20(18)25-21(24-19)26-7-9-29-10-8-26/h1,3-4,11,27H,2,5-10H2,(H2,22,23,24,25). The second-order valence-electron chi connectivity index (χ2n) is 7.34. The van der Waals surface area contributed by atoms with Gasteiger partial charge in [0.05, 0.1) is 24.3 Å². The van der Waals surface area contributed by atoms with Gasteiger partial charge < -0.3 is 20.5 Å². The van der Waals surface area contributed by atoms with Crippen LogP contribution >= 0.6 is 0 Å². The van der Waals surface area contributed by atoms with Gasteiger partial charge in [0.2, 0.25) is 5.95 Å². The summed E-state index contributed by atoms with van der Waals surface area (Å²) in [5.74, 6) is 0.961. The number of ketones is 1. The average Bonchev–Trinajstić information content (AvgIpc) is 2.73. The van der Waals surface area contributed by atoms with Crippen molar-refractivity contribution in [2.45, 2.75) is 19.3 Å². The monoisotopic (exact) mass is 391 g/mol. The summed E-state index contributed by atoms with van der Waals surface area (Å²) in [6.07, 6.45) is 1.94. The molecule has 1 aliphatic carbocycles. The van der Waals surface area contributed by atoms with Crippen LogP contribution < -0.4 is 10.6 Å². The minimum atomic E-state index is 0.0376. The van der Waals surface area contributed by atoms with E-state index >= 15 is 0 Å². The minimum Gasteiger partial charge on any atom is -0.508 e. The first-order chi connectivity index (χ1) is 14.1. The molecular formula is C21H21N5O3. The summed E-state index contributed by atoms with van der Waals surface area (Å²) in [5.41, 5.74) is 9.55. The topological polar surface area (TPSA) is 114 Å². The maximum atomic E-state index is 12.8. The van der Waals surface area contributed by atoms with Gasteiger partial charge in [0.15, 0.2) is 11.4 Å². The lowest BCUT2D eigenvalue weighted by molar-refractivity contribution is 0.0972. The molecule has 3 N–H and O–H groups in total. The van der Waals surface area contributed by atoms with Gasteiger partial charge in [0.25, 0.3) is 0 Å². The lowest BCUT2D eigenvalue weighted by Gasteiger charge is -2.27. The smallest absolute Gasteiger partial charge is 0.229 e. The van der Waals surface area contributed by atoms with Gasteiger partial charge in [0.1, 0.15) is 11.6 Å². The number of hydrogen-bond donors (Lipinski definition) is 2. The molecule has 8 heteroatoms. The highest BCUT2D eigenvalue weighted by molar-refractivity contribution is 6.13. The third kappa shape index (κ3) is 3.05. The molecule has 3 aromatic rings. The number of nitrogens with two attached hydrogens (primary N) is 1. The minimum absolute atomic E-state index is 0.0376. The van der Waals surface area contributed by atoms with Crippen molar-refractivity contribution in [2.75, 3.05) is 36.9 Å². The lowest BCUT2D eigenvalue weighted by Crippen LogP contribution is -2.37. The van der Waals surface area contributed by atoms with Crippen LogP contribution in [-0.4, -0.2) is 52.1 Å². The Balaban J connectivity index is 1.80. The zero-order valence-corrected chi connectivity index (χ0v) is 15.9. The number of ether oxygens (including phenoxy) is 1. The fourth-order valence-electron chi connectivity index (χ4n) is 4.11. The Morgan fingerprint density at radius 2 is 1.90 bits per heavy atom. The number of aromatic nitrogens is 3. The van der Waals surface area contributed by atoms with E-state index in [0.29, 0.717) is 72.8 Å². The molecule has 2 aliphatic rings. The van der Waals surface area contributed by atoms with Crippen molar-refractivity contribution in [3.63, 3.8) is 0 Å². The molecule has 1 saturated heterocycles. The lowest BCUT2D eigenvalue weighted by atomic mass is 9.86. The summed E-state index contributed by atoms with van der Waals surface area (Å²) >= 11 is 0. The van der Waals surface area contributed by atoms with Gasteiger partial charge in [-0.05, 0) is 30.5 Å². The Bertz CT molecular complexity index is 1120. The van der Waals surface area contributed by atoms with E-state index in [0.717, 1.165) is 12.1 Å². The van der Waals surface area contributed by atoms with E-state index in [9.17, 15) is 9.90 Å². The highest BCUT2D eigenvalue weighted by Crippen LogP contribution is 2.39. The zero-order valence-electron chi connectivity index (χ0n) is 15.9. The van der Waals surface area contributed by atoms with E-state index in [-0.39, 0.29) is 17.4 Å². The Morgan fingerprint density at radius 1 is 1.07 bits per heavy atom.